The van der Waals surface area contributed by atoms with Crippen molar-refractivity contribution in [3.63, 3.8) is 0 Å². The SMILES string of the molecule is COc1ccc(NC(=O)c2ccc(N)cc2)cc1Cl. The molecule has 3 N–H and O–H groups in total. The molecule has 0 radical (unpaired) electrons. The standard InChI is InChI=1S/C14H13ClN2O2/c1-19-13-7-6-11(8-12(13)15)17-14(18)9-2-4-10(16)5-3-9/h2-8H,16H2,1H3,(H,17,18). The van der Waals surface area contributed by atoms with E-state index in [4.69, 9.17) is 22.1 Å². The number of amides is 1. The summed E-state index contributed by atoms with van der Waals surface area (Å²) >= 11 is 5.99. The van der Waals surface area contributed by atoms with Crippen molar-refractivity contribution in [2.24, 2.45) is 0 Å². The van der Waals surface area contributed by atoms with E-state index in [9.17, 15) is 4.79 Å². The van der Waals surface area contributed by atoms with E-state index < -0.39 is 0 Å². The van der Waals surface area contributed by atoms with Crippen LogP contribution in [0.2, 0.25) is 5.02 Å². The third-order valence-corrected chi connectivity index (χ3v) is 2.88. The van der Waals surface area contributed by atoms with Gasteiger partial charge in [0.15, 0.2) is 0 Å². The first-order valence-electron chi connectivity index (χ1n) is 5.60. The fourth-order valence-corrected chi connectivity index (χ4v) is 1.84. The highest BCUT2D eigenvalue weighted by molar-refractivity contribution is 6.32. The molecule has 2 rings (SSSR count). The minimum atomic E-state index is -0.221. The zero-order valence-electron chi connectivity index (χ0n) is 10.3. The lowest BCUT2D eigenvalue weighted by Gasteiger charge is -2.08. The highest BCUT2D eigenvalue weighted by atomic mass is 35.5. The number of carbonyl (C=O) groups is 1. The van der Waals surface area contributed by atoms with Gasteiger partial charge < -0.3 is 15.8 Å². The number of nitrogens with two attached hydrogens (primary N) is 1. The zero-order valence-corrected chi connectivity index (χ0v) is 11.1. The summed E-state index contributed by atoms with van der Waals surface area (Å²) in [6, 6.07) is 11.7. The van der Waals surface area contributed by atoms with Crippen LogP contribution in [0.15, 0.2) is 42.5 Å². The Morgan fingerprint density at radius 3 is 2.47 bits per heavy atom. The Bertz CT molecular complexity index is 597. The molecular formula is C14H13ClN2O2. The third-order valence-electron chi connectivity index (χ3n) is 2.58. The van der Waals surface area contributed by atoms with Crippen LogP contribution in [0.25, 0.3) is 0 Å². The van der Waals surface area contributed by atoms with E-state index in [1.165, 1.54) is 7.11 Å². The van der Waals surface area contributed by atoms with Gasteiger partial charge in [-0.1, -0.05) is 11.6 Å². The Morgan fingerprint density at radius 2 is 1.89 bits per heavy atom. The Balaban J connectivity index is 2.14. The molecule has 0 aromatic heterocycles. The molecule has 0 spiro atoms. The van der Waals surface area contributed by atoms with E-state index in [-0.39, 0.29) is 5.91 Å². The number of methoxy groups -OCH3 is 1. The first-order chi connectivity index (χ1) is 9.10. The molecule has 0 saturated carbocycles. The van der Waals surface area contributed by atoms with Gasteiger partial charge in [0, 0.05) is 16.9 Å². The predicted octanol–water partition coefficient (Wildman–Crippen LogP) is 3.18. The lowest BCUT2D eigenvalue weighted by molar-refractivity contribution is 0.102. The molecule has 0 unspecified atom stereocenters. The van der Waals surface area contributed by atoms with Crippen LogP contribution in [0, 0.1) is 0 Å². The van der Waals surface area contributed by atoms with Crippen LogP contribution in [0.4, 0.5) is 11.4 Å². The van der Waals surface area contributed by atoms with Crippen LogP contribution < -0.4 is 15.8 Å². The van der Waals surface area contributed by atoms with Crippen molar-refractivity contribution in [1.29, 1.82) is 0 Å². The minimum Gasteiger partial charge on any atom is -0.495 e. The minimum absolute atomic E-state index is 0.221. The van der Waals surface area contributed by atoms with Crippen molar-refractivity contribution in [1.82, 2.24) is 0 Å². The molecule has 2 aromatic rings. The Morgan fingerprint density at radius 1 is 1.21 bits per heavy atom. The normalized spacial score (nSPS) is 10.0. The molecule has 98 valence electrons. The van der Waals surface area contributed by atoms with Crippen molar-refractivity contribution >= 4 is 28.9 Å². The number of hydrogen-bond acceptors (Lipinski definition) is 3. The molecule has 0 bridgehead atoms. The second-order valence-electron chi connectivity index (χ2n) is 3.93. The topological polar surface area (TPSA) is 64.3 Å². The summed E-state index contributed by atoms with van der Waals surface area (Å²) < 4.78 is 5.04. The van der Waals surface area contributed by atoms with Crippen LogP contribution in [0.1, 0.15) is 10.4 Å². The van der Waals surface area contributed by atoms with Gasteiger partial charge in [0.1, 0.15) is 5.75 Å². The van der Waals surface area contributed by atoms with Gasteiger partial charge in [0.05, 0.1) is 12.1 Å². The Labute approximate surface area is 116 Å². The molecule has 0 aliphatic carbocycles. The number of ether oxygens (including phenoxy) is 1. The van der Waals surface area contributed by atoms with Crippen molar-refractivity contribution in [2.45, 2.75) is 0 Å². The molecule has 0 heterocycles. The van der Waals surface area contributed by atoms with Gasteiger partial charge in [-0.15, -0.1) is 0 Å². The average Bonchev–Trinajstić information content (AvgIpc) is 2.39. The molecule has 1 amide bonds. The van der Waals surface area contributed by atoms with Crippen LogP contribution in [-0.2, 0) is 0 Å². The number of halogens is 1. The molecule has 0 aliphatic heterocycles. The largest absolute Gasteiger partial charge is 0.495 e. The summed E-state index contributed by atoms with van der Waals surface area (Å²) in [5, 5.41) is 3.19. The maximum atomic E-state index is 12.0. The van der Waals surface area contributed by atoms with E-state index in [1.54, 1.807) is 42.5 Å². The van der Waals surface area contributed by atoms with E-state index >= 15 is 0 Å². The molecule has 0 atom stereocenters. The van der Waals surface area contributed by atoms with E-state index in [1.807, 2.05) is 0 Å². The van der Waals surface area contributed by atoms with Gasteiger partial charge in [-0.3, -0.25) is 4.79 Å². The second kappa shape index (κ2) is 5.63. The van der Waals surface area contributed by atoms with Gasteiger partial charge in [-0.25, -0.2) is 0 Å². The fraction of sp³-hybridized carbons (Fsp3) is 0.0714. The summed E-state index contributed by atoms with van der Waals surface area (Å²) in [6.07, 6.45) is 0. The molecule has 0 saturated heterocycles. The monoisotopic (exact) mass is 276 g/mol. The summed E-state index contributed by atoms with van der Waals surface area (Å²) in [7, 11) is 1.54. The number of anilines is 2. The molecule has 4 nitrogen and oxygen atoms in total. The number of nitrogens with one attached hydrogen (secondary N) is 1. The fourth-order valence-electron chi connectivity index (χ4n) is 1.58. The van der Waals surface area contributed by atoms with Crippen LogP contribution in [-0.4, -0.2) is 13.0 Å². The van der Waals surface area contributed by atoms with Gasteiger partial charge >= 0.3 is 0 Å². The van der Waals surface area contributed by atoms with Crippen LogP contribution in [0.5, 0.6) is 5.75 Å². The molecule has 5 heteroatoms. The van der Waals surface area contributed by atoms with Crippen molar-refractivity contribution in [2.75, 3.05) is 18.2 Å². The number of carbonyl (C=O) groups excluding carboxylic acids is 1. The van der Waals surface area contributed by atoms with Crippen molar-refractivity contribution in [3.8, 4) is 5.75 Å². The van der Waals surface area contributed by atoms with E-state index in [0.29, 0.717) is 27.7 Å². The first kappa shape index (κ1) is 13.2. The molecule has 0 aliphatic rings. The van der Waals surface area contributed by atoms with Crippen LogP contribution in [0.3, 0.4) is 0 Å². The molecule has 0 fully saturated rings. The highest BCUT2D eigenvalue weighted by Crippen LogP contribution is 2.27. The Kier molecular flexibility index (Phi) is 3.92. The first-order valence-corrected chi connectivity index (χ1v) is 5.98. The number of rotatable bonds is 3. The Hall–Kier alpha value is -2.20. The number of benzene rings is 2. The summed E-state index contributed by atoms with van der Waals surface area (Å²) in [5.74, 6) is 0.341. The predicted molar refractivity (Wildman–Crippen MR) is 76.8 cm³/mol. The number of nitrogen functional groups attached to an aromatic ring is 1. The number of hydrogen-bond donors (Lipinski definition) is 2. The summed E-state index contributed by atoms with van der Waals surface area (Å²) in [6.45, 7) is 0. The third kappa shape index (κ3) is 3.17. The molecule has 2 aromatic carbocycles. The second-order valence-corrected chi connectivity index (χ2v) is 4.33. The average molecular weight is 277 g/mol. The quantitative estimate of drug-likeness (QED) is 0.846. The van der Waals surface area contributed by atoms with Gasteiger partial charge in [-0.2, -0.15) is 0 Å². The lowest BCUT2D eigenvalue weighted by atomic mass is 10.2. The maximum Gasteiger partial charge on any atom is 0.255 e. The van der Waals surface area contributed by atoms with Gasteiger partial charge in [-0.05, 0) is 42.5 Å². The van der Waals surface area contributed by atoms with Crippen LogP contribution >= 0.6 is 11.6 Å². The molecular weight excluding hydrogens is 264 g/mol. The summed E-state index contributed by atoms with van der Waals surface area (Å²) in [4.78, 5) is 12.0. The summed E-state index contributed by atoms with van der Waals surface area (Å²) in [5.41, 5.74) is 7.32. The lowest BCUT2D eigenvalue weighted by Crippen LogP contribution is -2.11. The molecule has 19 heavy (non-hydrogen) atoms. The van der Waals surface area contributed by atoms with Crippen molar-refractivity contribution in [3.05, 3.63) is 53.1 Å². The van der Waals surface area contributed by atoms with Crippen molar-refractivity contribution < 1.29 is 9.53 Å². The van der Waals surface area contributed by atoms with Gasteiger partial charge in [0.2, 0.25) is 0 Å². The van der Waals surface area contributed by atoms with E-state index in [0.717, 1.165) is 0 Å². The maximum absolute atomic E-state index is 12.0. The highest BCUT2D eigenvalue weighted by Gasteiger charge is 2.07. The van der Waals surface area contributed by atoms with Gasteiger partial charge in [0.25, 0.3) is 5.91 Å². The smallest absolute Gasteiger partial charge is 0.255 e. The zero-order chi connectivity index (χ0) is 13.8. The van der Waals surface area contributed by atoms with E-state index in [2.05, 4.69) is 5.32 Å².